The Morgan fingerprint density at radius 2 is 1.92 bits per heavy atom. The zero-order valence-corrected chi connectivity index (χ0v) is 6.49. The molecule has 1 saturated heterocycles. The van der Waals surface area contributed by atoms with Gasteiger partial charge in [0.15, 0.2) is 0 Å². The third-order valence-electron chi connectivity index (χ3n) is 1.44. The van der Waals surface area contributed by atoms with Gasteiger partial charge in [-0.1, -0.05) is 0 Å². The SMILES string of the molecule is COC(=O)NN1C(=O)CCC1=O. The first-order valence-corrected chi connectivity index (χ1v) is 3.35. The van der Waals surface area contributed by atoms with Crippen LogP contribution < -0.4 is 5.43 Å². The molecule has 12 heavy (non-hydrogen) atoms. The van der Waals surface area contributed by atoms with Crippen molar-refractivity contribution in [2.24, 2.45) is 0 Å². The molecule has 1 heterocycles. The number of amides is 3. The molecule has 0 saturated carbocycles. The van der Waals surface area contributed by atoms with Gasteiger partial charge in [-0.3, -0.25) is 9.59 Å². The molecule has 0 aromatic heterocycles. The van der Waals surface area contributed by atoms with Gasteiger partial charge in [-0.25, -0.2) is 10.2 Å². The Morgan fingerprint density at radius 1 is 1.42 bits per heavy atom. The van der Waals surface area contributed by atoms with Crippen LogP contribution in [-0.4, -0.2) is 30.0 Å². The number of carbonyl (C=O) groups excluding carboxylic acids is 3. The summed E-state index contributed by atoms with van der Waals surface area (Å²) in [6.07, 6.45) is -0.537. The fourth-order valence-electron chi connectivity index (χ4n) is 0.838. The van der Waals surface area contributed by atoms with Gasteiger partial charge in [0.05, 0.1) is 7.11 Å². The highest BCUT2D eigenvalue weighted by Crippen LogP contribution is 2.08. The van der Waals surface area contributed by atoms with Crippen LogP contribution in [0.25, 0.3) is 0 Å². The molecule has 0 radical (unpaired) electrons. The molecule has 1 aliphatic heterocycles. The Kier molecular flexibility index (Phi) is 2.27. The summed E-state index contributed by atoms with van der Waals surface area (Å²) in [5.41, 5.74) is 2.00. The Hall–Kier alpha value is -1.59. The number of nitrogens with one attached hydrogen (secondary N) is 1. The summed E-state index contributed by atoms with van der Waals surface area (Å²) >= 11 is 0. The molecule has 0 aromatic carbocycles. The maximum Gasteiger partial charge on any atom is 0.426 e. The van der Waals surface area contributed by atoms with E-state index in [9.17, 15) is 14.4 Å². The number of hydrazine groups is 1. The average Bonchev–Trinajstić information content (AvgIpc) is 2.35. The minimum atomic E-state index is -0.821. The smallest absolute Gasteiger partial charge is 0.426 e. The number of imide groups is 1. The van der Waals surface area contributed by atoms with Crippen molar-refractivity contribution in [2.75, 3.05) is 7.11 Å². The number of ether oxygens (including phenoxy) is 1. The first-order valence-electron chi connectivity index (χ1n) is 3.35. The highest BCUT2D eigenvalue weighted by molar-refractivity contribution is 6.02. The third-order valence-corrected chi connectivity index (χ3v) is 1.44. The Morgan fingerprint density at radius 3 is 2.33 bits per heavy atom. The van der Waals surface area contributed by atoms with E-state index in [1.54, 1.807) is 0 Å². The van der Waals surface area contributed by atoms with Crippen LogP contribution >= 0.6 is 0 Å². The Bertz CT molecular complexity index is 222. The van der Waals surface area contributed by atoms with E-state index in [1.165, 1.54) is 0 Å². The van der Waals surface area contributed by atoms with Gasteiger partial charge in [0.25, 0.3) is 0 Å². The summed E-state index contributed by atoms with van der Waals surface area (Å²) in [4.78, 5) is 32.3. The van der Waals surface area contributed by atoms with Crippen molar-refractivity contribution in [1.82, 2.24) is 10.4 Å². The second-order valence-electron chi connectivity index (χ2n) is 2.23. The van der Waals surface area contributed by atoms with Gasteiger partial charge >= 0.3 is 6.09 Å². The molecular weight excluding hydrogens is 164 g/mol. The standard InChI is InChI=1S/C6H8N2O4/c1-12-6(11)7-8-4(9)2-3-5(8)10/h2-3H2,1H3,(H,7,11). The van der Waals surface area contributed by atoms with Crippen LogP contribution in [0.3, 0.4) is 0 Å². The van der Waals surface area contributed by atoms with Crippen molar-refractivity contribution in [3.63, 3.8) is 0 Å². The van der Waals surface area contributed by atoms with Gasteiger partial charge in [0, 0.05) is 12.8 Å². The Balaban J connectivity index is 2.56. The lowest BCUT2D eigenvalue weighted by molar-refractivity contribution is -0.141. The molecule has 3 amide bonds. The highest BCUT2D eigenvalue weighted by Gasteiger charge is 2.30. The molecule has 1 N–H and O–H groups in total. The summed E-state index contributed by atoms with van der Waals surface area (Å²) in [6.45, 7) is 0. The van der Waals surface area contributed by atoms with E-state index in [4.69, 9.17) is 0 Å². The fraction of sp³-hybridized carbons (Fsp3) is 0.500. The van der Waals surface area contributed by atoms with Crippen molar-refractivity contribution in [1.29, 1.82) is 0 Å². The maximum absolute atomic E-state index is 10.9. The first kappa shape index (κ1) is 8.51. The lowest BCUT2D eigenvalue weighted by Gasteiger charge is -2.12. The maximum atomic E-state index is 10.9. The van der Waals surface area contributed by atoms with Gasteiger partial charge in [0.2, 0.25) is 11.8 Å². The van der Waals surface area contributed by atoms with Crippen LogP contribution in [0, 0.1) is 0 Å². The van der Waals surface area contributed by atoms with Gasteiger partial charge in [0.1, 0.15) is 0 Å². The van der Waals surface area contributed by atoms with Crippen LogP contribution in [0.4, 0.5) is 4.79 Å². The van der Waals surface area contributed by atoms with Crippen molar-refractivity contribution >= 4 is 17.9 Å². The van der Waals surface area contributed by atoms with E-state index in [0.29, 0.717) is 5.01 Å². The minimum Gasteiger partial charge on any atom is -0.452 e. The third kappa shape index (κ3) is 1.52. The van der Waals surface area contributed by atoms with Crippen LogP contribution in [0.5, 0.6) is 0 Å². The zero-order valence-electron chi connectivity index (χ0n) is 6.49. The second-order valence-corrected chi connectivity index (χ2v) is 2.23. The van der Waals surface area contributed by atoms with Crippen LogP contribution in [0.2, 0.25) is 0 Å². The highest BCUT2D eigenvalue weighted by atomic mass is 16.5. The molecule has 0 spiro atoms. The van der Waals surface area contributed by atoms with Gasteiger partial charge < -0.3 is 4.74 Å². The molecular formula is C6H8N2O4. The zero-order chi connectivity index (χ0) is 9.14. The monoisotopic (exact) mass is 172 g/mol. The molecule has 1 rings (SSSR count). The summed E-state index contributed by atoms with van der Waals surface area (Å²) in [5.74, 6) is -0.823. The van der Waals surface area contributed by atoms with E-state index in [-0.39, 0.29) is 12.8 Å². The molecule has 1 aliphatic rings. The molecule has 0 atom stereocenters. The quantitative estimate of drug-likeness (QED) is 0.536. The lowest BCUT2D eigenvalue weighted by Crippen LogP contribution is -2.45. The summed E-state index contributed by atoms with van der Waals surface area (Å²) in [5, 5.41) is 0.672. The second kappa shape index (κ2) is 3.21. The number of nitrogens with zero attached hydrogens (tertiary/aromatic N) is 1. The molecule has 6 heteroatoms. The van der Waals surface area contributed by atoms with E-state index in [2.05, 4.69) is 4.74 Å². The Labute approximate surface area is 68.4 Å². The van der Waals surface area contributed by atoms with E-state index in [1.807, 2.05) is 5.43 Å². The molecule has 66 valence electrons. The van der Waals surface area contributed by atoms with Gasteiger partial charge in [-0.2, -0.15) is 5.01 Å². The molecule has 6 nitrogen and oxygen atoms in total. The van der Waals surface area contributed by atoms with Crippen LogP contribution in [0.15, 0.2) is 0 Å². The minimum absolute atomic E-state index is 0.142. The molecule has 0 bridgehead atoms. The predicted molar refractivity (Wildman–Crippen MR) is 36.6 cm³/mol. The molecule has 0 aliphatic carbocycles. The fourth-order valence-corrected chi connectivity index (χ4v) is 0.838. The molecule has 1 fully saturated rings. The number of methoxy groups -OCH3 is 1. The van der Waals surface area contributed by atoms with Gasteiger partial charge in [-0.15, -0.1) is 0 Å². The number of carbonyl (C=O) groups is 3. The summed E-state index contributed by atoms with van der Waals surface area (Å²) in [6, 6.07) is 0. The van der Waals surface area contributed by atoms with Gasteiger partial charge in [-0.05, 0) is 0 Å². The topological polar surface area (TPSA) is 75.7 Å². The molecule has 0 aromatic rings. The van der Waals surface area contributed by atoms with Crippen molar-refractivity contribution < 1.29 is 19.1 Å². The summed E-state index contributed by atoms with van der Waals surface area (Å²) in [7, 11) is 1.15. The molecule has 0 unspecified atom stereocenters. The van der Waals surface area contributed by atoms with Crippen molar-refractivity contribution in [2.45, 2.75) is 12.8 Å². The largest absolute Gasteiger partial charge is 0.452 e. The normalized spacial score (nSPS) is 16.6. The number of rotatable bonds is 1. The van der Waals surface area contributed by atoms with Crippen molar-refractivity contribution in [3.8, 4) is 0 Å². The van der Waals surface area contributed by atoms with Crippen LogP contribution in [-0.2, 0) is 14.3 Å². The number of hydrogen-bond acceptors (Lipinski definition) is 4. The van der Waals surface area contributed by atoms with E-state index in [0.717, 1.165) is 7.11 Å². The van der Waals surface area contributed by atoms with Crippen LogP contribution in [0.1, 0.15) is 12.8 Å². The lowest BCUT2D eigenvalue weighted by atomic mass is 10.4. The first-order chi connectivity index (χ1) is 5.65. The van der Waals surface area contributed by atoms with E-state index >= 15 is 0 Å². The predicted octanol–water partition coefficient (Wildman–Crippen LogP) is -0.594. The van der Waals surface area contributed by atoms with Crippen molar-refractivity contribution in [3.05, 3.63) is 0 Å². The summed E-state index contributed by atoms with van der Waals surface area (Å²) < 4.78 is 4.21. The van der Waals surface area contributed by atoms with E-state index < -0.39 is 17.9 Å². The number of hydrogen-bond donors (Lipinski definition) is 1. The average molecular weight is 172 g/mol.